The van der Waals surface area contributed by atoms with Crippen molar-refractivity contribution in [2.75, 3.05) is 12.4 Å². The zero-order valence-corrected chi connectivity index (χ0v) is 15.5. The Hall–Kier alpha value is -3.02. The molecule has 0 aliphatic rings. The zero-order chi connectivity index (χ0) is 19.1. The van der Waals surface area contributed by atoms with Crippen molar-refractivity contribution in [2.24, 2.45) is 0 Å². The van der Waals surface area contributed by atoms with Crippen LogP contribution in [0.25, 0.3) is 0 Å². The Kier molecular flexibility index (Phi) is 6.60. The molecule has 0 heterocycles. The van der Waals surface area contributed by atoms with Crippen molar-refractivity contribution in [3.05, 3.63) is 59.2 Å². The summed E-state index contributed by atoms with van der Waals surface area (Å²) in [6.07, 6.45) is 0. The first-order valence-electron chi connectivity index (χ1n) is 8.38. The number of hydrogen-bond acceptors (Lipinski definition) is 4. The maximum absolute atomic E-state index is 12.5. The number of hydrogen-bond donors (Lipinski definition) is 2. The SMILES string of the molecule is COc1ccc(C)cc1COC(=O)c1ccccc1NC(=O)NC(C)C. The number of para-hydroxylation sites is 1. The van der Waals surface area contributed by atoms with Crippen molar-refractivity contribution < 1.29 is 19.1 Å². The van der Waals surface area contributed by atoms with Gasteiger partial charge in [0.1, 0.15) is 12.4 Å². The lowest BCUT2D eigenvalue weighted by Crippen LogP contribution is -2.34. The van der Waals surface area contributed by atoms with E-state index in [0.717, 1.165) is 11.1 Å². The number of ether oxygens (including phenoxy) is 2. The van der Waals surface area contributed by atoms with Gasteiger partial charge in [-0.05, 0) is 45.0 Å². The van der Waals surface area contributed by atoms with Crippen LogP contribution in [0.1, 0.15) is 35.3 Å². The quantitative estimate of drug-likeness (QED) is 0.770. The number of amides is 2. The summed E-state index contributed by atoms with van der Waals surface area (Å²) in [4.78, 5) is 24.4. The normalized spacial score (nSPS) is 10.3. The molecule has 2 N–H and O–H groups in total. The molecule has 0 atom stereocenters. The van der Waals surface area contributed by atoms with E-state index in [0.29, 0.717) is 11.4 Å². The fraction of sp³-hybridized carbons (Fsp3) is 0.300. The Morgan fingerprint density at radius 3 is 2.54 bits per heavy atom. The van der Waals surface area contributed by atoms with E-state index in [-0.39, 0.29) is 24.2 Å². The summed E-state index contributed by atoms with van der Waals surface area (Å²) in [5, 5.41) is 5.39. The molecule has 0 saturated heterocycles. The summed E-state index contributed by atoms with van der Waals surface area (Å²) in [6, 6.07) is 12.0. The molecule has 6 nitrogen and oxygen atoms in total. The molecule has 138 valence electrons. The molecule has 2 amide bonds. The minimum Gasteiger partial charge on any atom is -0.496 e. The van der Waals surface area contributed by atoms with E-state index in [2.05, 4.69) is 10.6 Å². The first-order chi connectivity index (χ1) is 12.4. The Bertz CT molecular complexity index is 787. The molecular weight excluding hydrogens is 332 g/mol. The third-order valence-electron chi connectivity index (χ3n) is 3.61. The Morgan fingerprint density at radius 2 is 1.85 bits per heavy atom. The highest BCUT2D eigenvalue weighted by atomic mass is 16.5. The molecule has 0 saturated carbocycles. The van der Waals surface area contributed by atoms with Gasteiger partial charge >= 0.3 is 12.0 Å². The molecule has 6 heteroatoms. The molecule has 2 rings (SSSR count). The molecule has 0 bridgehead atoms. The van der Waals surface area contributed by atoms with Crippen LogP contribution in [0.15, 0.2) is 42.5 Å². The lowest BCUT2D eigenvalue weighted by atomic mass is 10.1. The molecule has 0 aliphatic heterocycles. The minimum absolute atomic E-state index is 0.0112. The van der Waals surface area contributed by atoms with Crippen LogP contribution in [0.5, 0.6) is 5.75 Å². The summed E-state index contributed by atoms with van der Waals surface area (Å²) in [6.45, 7) is 5.75. The Labute approximate surface area is 153 Å². The number of benzene rings is 2. The number of methoxy groups -OCH3 is 1. The molecule has 0 fully saturated rings. The third kappa shape index (κ3) is 5.24. The number of rotatable bonds is 6. The number of carbonyl (C=O) groups is 2. The van der Waals surface area contributed by atoms with Gasteiger partial charge in [0.2, 0.25) is 0 Å². The lowest BCUT2D eigenvalue weighted by molar-refractivity contribution is 0.0471. The number of nitrogens with one attached hydrogen (secondary N) is 2. The van der Waals surface area contributed by atoms with Gasteiger partial charge in [-0.2, -0.15) is 0 Å². The summed E-state index contributed by atoms with van der Waals surface area (Å²) >= 11 is 0. The van der Waals surface area contributed by atoms with Crippen molar-refractivity contribution in [1.82, 2.24) is 5.32 Å². The Morgan fingerprint density at radius 1 is 1.12 bits per heavy atom. The van der Waals surface area contributed by atoms with Crippen molar-refractivity contribution in [3.63, 3.8) is 0 Å². The van der Waals surface area contributed by atoms with Gasteiger partial charge in [-0.25, -0.2) is 9.59 Å². The van der Waals surface area contributed by atoms with Crippen LogP contribution in [0, 0.1) is 6.92 Å². The zero-order valence-electron chi connectivity index (χ0n) is 15.5. The average molecular weight is 356 g/mol. The van der Waals surface area contributed by atoms with Gasteiger partial charge in [-0.1, -0.05) is 23.8 Å². The standard InChI is InChI=1S/C20H24N2O4/c1-13(2)21-20(24)22-17-8-6-5-7-16(17)19(23)26-12-15-11-14(3)9-10-18(15)25-4/h5-11,13H,12H2,1-4H3,(H2,21,22,24). The minimum atomic E-state index is -0.519. The fourth-order valence-electron chi connectivity index (χ4n) is 2.43. The van der Waals surface area contributed by atoms with Crippen LogP contribution in [0.4, 0.5) is 10.5 Å². The molecule has 2 aromatic rings. The van der Waals surface area contributed by atoms with E-state index < -0.39 is 5.97 Å². The number of carbonyl (C=O) groups excluding carboxylic acids is 2. The van der Waals surface area contributed by atoms with Crippen LogP contribution in [-0.4, -0.2) is 25.2 Å². The maximum Gasteiger partial charge on any atom is 0.340 e. The van der Waals surface area contributed by atoms with Crippen molar-refractivity contribution >= 4 is 17.7 Å². The average Bonchev–Trinajstić information content (AvgIpc) is 2.59. The highest BCUT2D eigenvalue weighted by Gasteiger charge is 2.15. The second kappa shape index (κ2) is 8.89. The van der Waals surface area contributed by atoms with Crippen molar-refractivity contribution in [3.8, 4) is 5.75 Å². The van der Waals surface area contributed by atoms with Crippen LogP contribution in [-0.2, 0) is 11.3 Å². The largest absolute Gasteiger partial charge is 0.496 e. The number of anilines is 1. The van der Waals surface area contributed by atoms with E-state index in [1.54, 1.807) is 31.4 Å². The molecule has 2 aromatic carbocycles. The smallest absolute Gasteiger partial charge is 0.340 e. The van der Waals surface area contributed by atoms with E-state index in [9.17, 15) is 9.59 Å². The number of esters is 1. The Balaban J connectivity index is 2.11. The van der Waals surface area contributed by atoms with Gasteiger partial charge in [0.05, 0.1) is 18.4 Å². The van der Waals surface area contributed by atoms with Gasteiger partial charge in [0.15, 0.2) is 0 Å². The lowest BCUT2D eigenvalue weighted by Gasteiger charge is -2.14. The monoisotopic (exact) mass is 356 g/mol. The van der Waals surface area contributed by atoms with Crippen LogP contribution in [0.2, 0.25) is 0 Å². The summed E-state index contributed by atoms with van der Waals surface area (Å²) in [5.41, 5.74) is 2.51. The fourth-order valence-corrected chi connectivity index (χ4v) is 2.43. The van der Waals surface area contributed by atoms with Gasteiger partial charge in [0, 0.05) is 11.6 Å². The molecular formula is C20H24N2O4. The maximum atomic E-state index is 12.5. The molecule has 0 radical (unpaired) electrons. The first kappa shape index (κ1) is 19.3. The molecule has 0 aromatic heterocycles. The topological polar surface area (TPSA) is 76.7 Å². The molecule has 0 aliphatic carbocycles. The van der Waals surface area contributed by atoms with Crippen molar-refractivity contribution in [2.45, 2.75) is 33.4 Å². The predicted molar refractivity (Wildman–Crippen MR) is 101 cm³/mol. The first-order valence-corrected chi connectivity index (χ1v) is 8.38. The number of urea groups is 1. The predicted octanol–water partition coefficient (Wildman–Crippen LogP) is 3.89. The van der Waals surface area contributed by atoms with E-state index in [1.165, 1.54) is 0 Å². The summed E-state index contributed by atoms with van der Waals surface area (Å²) in [5.74, 6) is 0.139. The van der Waals surface area contributed by atoms with E-state index >= 15 is 0 Å². The van der Waals surface area contributed by atoms with Gasteiger partial charge in [-0.15, -0.1) is 0 Å². The molecule has 0 spiro atoms. The second-order valence-electron chi connectivity index (χ2n) is 6.19. The van der Waals surface area contributed by atoms with E-state index in [4.69, 9.17) is 9.47 Å². The van der Waals surface area contributed by atoms with Gasteiger partial charge in [-0.3, -0.25) is 0 Å². The van der Waals surface area contributed by atoms with Crippen LogP contribution < -0.4 is 15.4 Å². The highest BCUT2D eigenvalue weighted by molar-refractivity contribution is 6.00. The summed E-state index contributed by atoms with van der Waals surface area (Å²) in [7, 11) is 1.57. The molecule has 0 unspecified atom stereocenters. The van der Waals surface area contributed by atoms with Gasteiger partial charge in [0.25, 0.3) is 0 Å². The second-order valence-corrected chi connectivity index (χ2v) is 6.19. The van der Waals surface area contributed by atoms with Crippen LogP contribution in [0.3, 0.4) is 0 Å². The summed E-state index contributed by atoms with van der Waals surface area (Å²) < 4.78 is 10.7. The van der Waals surface area contributed by atoms with Gasteiger partial charge < -0.3 is 20.1 Å². The molecule has 26 heavy (non-hydrogen) atoms. The highest BCUT2D eigenvalue weighted by Crippen LogP contribution is 2.22. The van der Waals surface area contributed by atoms with E-state index in [1.807, 2.05) is 39.0 Å². The van der Waals surface area contributed by atoms with Crippen molar-refractivity contribution in [1.29, 1.82) is 0 Å². The van der Waals surface area contributed by atoms with Crippen LogP contribution >= 0.6 is 0 Å². The number of aryl methyl sites for hydroxylation is 1. The third-order valence-corrected chi connectivity index (χ3v) is 3.61.